The van der Waals surface area contributed by atoms with Crippen LogP contribution in [0.25, 0.3) is 0 Å². The van der Waals surface area contributed by atoms with Gasteiger partial charge in [-0.1, -0.05) is 11.6 Å². The van der Waals surface area contributed by atoms with Gasteiger partial charge in [-0.2, -0.15) is 0 Å². The fourth-order valence-corrected chi connectivity index (χ4v) is 1.22. The highest BCUT2D eigenvalue weighted by atomic mass is 35.5. The van der Waals surface area contributed by atoms with E-state index in [4.69, 9.17) is 11.6 Å². The van der Waals surface area contributed by atoms with E-state index in [0.717, 1.165) is 5.56 Å². The summed E-state index contributed by atoms with van der Waals surface area (Å²) in [6, 6.07) is 1.73. The first kappa shape index (κ1) is 11.4. The maximum absolute atomic E-state index is 9.63. The third-order valence-electron chi connectivity index (χ3n) is 2.09. The fourth-order valence-electron chi connectivity index (χ4n) is 1.03. The Kier molecular flexibility index (Phi) is 3.48. The van der Waals surface area contributed by atoms with E-state index in [0.29, 0.717) is 11.4 Å². The molecular weight excluding hydrogens is 202 g/mol. The second kappa shape index (κ2) is 4.26. The zero-order chi connectivity index (χ0) is 10.8. The topological polar surface area (TPSA) is 53.4 Å². The van der Waals surface area contributed by atoms with E-state index in [9.17, 15) is 10.2 Å². The first-order valence-electron chi connectivity index (χ1n) is 4.40. The maximum Gasteiger partial charge on any atom is 0.0862 e. The minimum Gasteiger partial charge on any atom is -0.390 e. The molecule has 0 amide bonds. The molecule has 1 rings (SSSR count). The second-order valence-corrected chi connectivity index (χ2v) is 4.25. The minimum absolute atomic E-state index is 0.324. The summed E-state index contributed by atoms with van der Waals surface area (Å²) in [5.41, 5.74) is -0.330. The number of aliphatic hydroxyl groups is 2. The molecule has 14 heavy (non-hydrogen) atoms. The van der Waals surface area contributed by atoms with Crippen LogP contribution in [0.1, 0.15) is 19.4 Å². The summed E-state index contributed by atoms with van der Waals surface area (Å²) < 4.78 is 0. The summed E-state index contributed by atoms with van der Waals surface area (Å²) in [5.74, 6) is 0. The van der Waals surface area contributed by atoms with Gasteiger partial charge in [0.1, 0.15) is 0 Å². The summed E-state index contributed by atoms with van der Waals surface area (Å²) in [6.07, 6.45) is 2.62. The van der Waals surface area contributed by atoms with E-state index < -0.39 is 11.7 Å². The number of nitrogens with zero attached hydrogens (tertiary/aromatic N) is 1. The summed E-state index contributed by atoms with van der Waals surface area (Å²) >= 11 is 5.86. The number of hydrogen-bond donors (Lipinski definition) is 2. The zero-order valence-electron chi connectivity index (χ0n) is 8.24. The Bertz CT molecular complexity index is 309. The standard InChI is InChI=1S/C10H14ClNO2/c1-10(2,14)9(13)5-7-3-4-12-6-8(7)11/h3-4,6,9,13-14H,5H2,1-2H3. The molecule has 0 saturated carbocycles. The average Bonchev–Trinajstić information content (AvgIpc) is 2.07. The van der Waals surface area contributed by atoms with E-state index in [1.165, 1.54) is 6.20 Å². The molecule has 0 saturated heterocycles. The molecule has 0 fully saturated rings. The average molecular weight is 216 g/mol. The van der Waals surface area contributed by atoms with Crippen molar-refractivity contribution in [3.05, 3.63) is 29.0 Å². The maximum atomic E-state index is 9.63. The van der Waals surface area contributed by atoms with Gasteiger partial charge >= 0.3 is 0 Å². The van der Waals surface area contributed by atoms with Crippen LogP contribution in [-0.2, 0) is 6.42 Å². The van der Waals surface area contributed by atoms with Crippen LogP contribution in [0.2, 0.25) is 5.02 Å². The molecule has 0 radical (unpaired) electrons. The SMILES string of the molecule is CC(C)(O)C(O)Cc1ccncc1Cl. The van der Waals surface area contributed by atoms with Crippen molar-refractivity contribution in [2.75, 3.05) is 0 Å². The minimum atomic E-state index is -1.12. The van der Waals surface area contributed by atoms with E-state index in [2.05, 4.69) is 4.98 Å². The van der Waals surface area contributed by atoms with Crippen LogP contribution in [0.3, 0.4) is 0 Å². The Morgan fingerprint density at radius 3 is 2.71 bits per heavy atom. The van der Waals surface area contributed by atoms with Crippen molar-refractivity contribution < 1.29 is 10.2 Å². The fraction of sp³-hybridized carbons (Fsp3) is 0.500. The first-order valence-corrected chi connectivity index (χ1v) is 4.78. The van der Waals surface area contributed by atoms with Gasteiger partial charge in [0.15, 0.2) is 0 Å². The molecule has 0 aliphatic heterocycles. The van der Waals surface area contributed by atoms with Gasteiger partial charge in [0, 0.05) is 18.8 Å². The van der Waals surface area contributed by atoms with Gasteiger partial charge in [-0.3, -0.25) is 4.98 Å². The van der Waals surface area contributed by atoms with Crippen molar-refractivity contribution in [2.24, 2.45) is 0 Å². The van der Waals surface area contributed by atoms with E-state index in [-0.39, 0.29) is 0 Å². The molecule has 2 N–H and O–H groups in total. The van der Waals surface area contributed by atoms with Gasteiger partial charge in [-0.25, -0.2) is 0 Å². The van der Waals surface area contributed by atoms with Crippen LogP contribution in [-0.4, -0.2) is 26.9 Å². The first-order chi connectivity index (χ1) is 6.41. The van der Waals surface area contributed by atoms with E-state index in [1.54, 1.807) is 26.1 Å². The predicted molar refractivity (Wildman–Crippen MR) is 55.3 cm³/mol. The molecule has 78 valence electrons. The molecule has 0 aromatic carbocycles. The quantitative estimate of drug-likeness (QED) is 0.802. The monoisotopic (exact) mass is 215 g/mol. The molecule has 0 bridgehead atoms. The van der Waals surface area contributed by atoms with Crippen LogP contribution < -0.4 is 0 Å². The molecule has 1 aromatic heterocycles. The van der Waals surface area contributed by atoms with Crippen LogP contribution in [0.4, 0.5) is 0 Å². The highest BCUT2D eigenvalue weighted by Crippen LogP contribution is 2.19. The highest BCUT2D eigenvalue weighted by molar-refractivity contribution is 6.31. The lowest BCUT2D eigenvalue weighted by molar-refractivity contribution is -0.0469. The van der Waals surface area contributed by atoms with Crippen molar-refractivity contribution in [1.29, 1.82) is 0 Å². The van der Waals surface area contributed by atoms with Gasteiger partial charge in [0.05, 0.1) is 16.7 Å². The highest BCUT2D eigenvalue weighted by Gasteiger charge is 2.25. The van der Waals surface area contributed by atoms with Crippen molar-refractivity contribution in [2.45, 2.75) is 32.0 Å². The molecule has 3 nitrogen and oxygen atoms in total. The zero-order valence-corrected chi connectivity index (χ0v) is 8.99. The van der Waals surface area contributed by atoms with Crippen LogP contribution in [0.5, 0.6) is 0 Å². The summed E-state index contributed by atoms with van der Waals surface area (Å²) in [5, 5.41) is 19.7. The molecule has 0 spiro atoms. The molecule has 1 aromatic rings. The Morgan fingerprint density at radius 2 is 2.21 bits per heavy atom. The van der Waals surface area contributed by atoms with E-state index in [1.807, 2.05) is 0 Å². The molecule has 0 aliphatic rings. The van der Waals surface area contributed by atoms with Crippen molar-refractivity contribution in [3.63, 3.8) is 0 Å². The number of aliphatic hydroxyl groups excluding tert-OH is 1. The lowest BCUT2D eigenvalue weighted by Crippen LogP contribution is -2.37. The Balaban J connectivity index is 2.75. The van der Waals surface area contributed by atoms with Crippen molar-refractivity contribution in [1.82, 2.24) is 4.98 Å². The third kappa shape index (κ3) is 2.94. The molecule has 1 unspecified atom stereocenters. The van der Waals surface area contributed by atoms with Gasteiger partial charge in [-0.15, -0.1) is 0 Å². The largest absolute Gasteiger partial charge is 0.390 e. The Hall–Kier alpha value is -0.640. The van der Waals surface area contributed by atoms with Crippen LogP contribution in [0, 0.1) is 0 Å². The number of hydrogen-bond acceptors (Lipinski definition) is 3. The second-order valence-electron chi connectivity index (χ2n) is 3.84. The molecule has 1 atom stereocenters. The predicted octanol–water partition coefficient (Wildman–Crippen LogP) is 1.41. The number of halogens is 1. The Morgan fingerprint density at radius 1 is 1.57 bits per heavy atom. The van der Waals surface area contributed by atoms with Crippen molar-refractivity contribution >= 4 is 11.6 Å². The molecular formula is C10H14ClNO2. The molecule has 1 heterocycles. The molecule has 0 aliphatic carbocycles. The number of pyridine rings is 1. The van der Waals surface area contributed by atoms with Gasteiger partial charge in [0.2, 0.25) is 0 Å². The molecule has 4 heteroatoms. The van der Waals surface area contributed by atoms with Crippen LogP contribution in [0.15, 0.2) is 18.5 Å². The summed E-state index contributed by atoms with van der Waals surface area (Å²) in [7, 11) is 0. The third-order valence-corrected chi connectivity index (χ3v) is 2.43. The van der Waals surface area contributed by atoms with E-state index >= 15 is 0 Å². The summed E-state index contributed by atoms with van der Waals surface area (Å²) in [4.78, 5) is 3.84. The number of aromatic nitrogens is 1. The van der Waals surface area contributed by atoms with Crippen molar-refractivity contribution in [3.8, 4) is 0 Å². The van der Waals surface area contributed by atoms with Gasteiger partial charge in [0.25, 0.3) is 0 Å². The number of rotatable bonds is 3. The normalized spacial score (nSPS) is 14.1. The van der Waals surface area contributed by atoms with Gasteiger partial charge < -0.3 is 10.2 Å². The van der Waals surface area contributed by atoms with Gasteiger partial charge in [-0.05, 0) is 25.5 Å². The lowest BCUT2D eigenvalue weighted by atomic mass is 9.96. The smallest absolute Gasteiger partial charge is 0.0862 e. The lowest BCUT2D eigenvalue weighted by Gasteiger charge is -2.24. The summed E-state index contributed by atoms with van der Waals surface area (Å²) in [6.45, 7) is 3.12. The van der Waals surface area contributed by atoms with Crippen LogP contribution >= 0.6 is 11.6 Å². The Labute approximate surface area is 88.4 Å².